The number of benzene rings is 3. The smallest absolute Gasteiger partial charge is 0.405 e. The largest absolute Gasteiger partial charge is 0.619 e. The molecule has 1 aromatic heterocycles. The van der Waals surface area contributed by atoms with Gasteiger partial charge in [0.05, 0.1) is 19.8 Å². The summed E-state index contributed by atoms with van der Waals surface area (Å²) in [6.45, 7) is 2.45. The van der Waals surface area contributed by atoms with Crippen LogP contribution in [0.15, 0.2) is 79.1 Å². The maximum absolute atomic E-state index is 14.5. The number of pyridine rings is 1. The standard InChI is InChI=1S/C39H39Cl2N3O9/c1-50-31-12-11-24(17-32(31)51-2)27(18-28-29(40)19-44(49)20-30(28)41)35-25(9-6-10-26(35)37(45)46)36(53-39(42)48)34(23-7-4-3-5-8-23)38(47)52-33-21-43-15-13-22(33)14-16-43/h3-12,17,19-20,22,27,33-34,36H,13-16,18,21H2,1-2H3,(H2,42,48)(H,45,46)/t27?,33-,34?,36?/m0/s1. The SMILES string of the molecule is COc1ccc(C(Cc2c(Cl)c[n+]([O-])cc2Cl)c2c(C(=O)O)cccc2C(OC(N)=O)C(C(=O)O[C@H]2CN3CCC2CC3)c2ccccc2)cc1OC. The number of rotatable bonds is 13. The van der Waals surface area contributed by atoms with Crippen molar-refractivity contribution in [3.8, 4) is 11.5 Å². The van der Waals surface area contributed by atoms with Gasteiger partial charge in [-0.3, -0.25) is 9.69 Å². The number of nitrogens with zero attached hydrogens (tertiary/aromatic N) is 2. The van der Waals surface area contributed by atoms with Crippen molar-refractivity contribution in [2.24, 2.45) is 11.7 Å². The number of hydrogen-bond acceptors (Lipinski definition) is 9. The average Bonchev–Trinajstić information content (AvgIpc) is 3.14. The van der Waals surface area contributed by atoms with E-state index in [1.165, 1.54) is 26.4 Å². The highest BCUT2D eigenvalue weighted by molar-refractivity contribution is 6.35. The first-order valence-electron chi connectivity index (χ1n) is 17.1. The molecule has 0 radical (unpaired) electrons. The Morgan fingerprint density at radius 1 is 0.943 bits per heavy atom. The number of carboxylic acids is 1. The van der Waals surface area contributed by atoms with Gasteiger partial charge in [-0.25, -0.2) is 9.59 Å². The number of carbonyl (C=O) groups excluding carboxylic acids is 2. The summed E-state index contributed by atoms with van der Waals surface area (Å²) in [6.07, 6.45) is 1.03. The van der Waals surface area contributed by atoms with Gasteiger partial charge in [0.15, 0.2) is 23.9 Å². The van der Waals surface area contributed by atoms with Crippen LogP contribution in [-0.2, 0) is 20.7 Å². The average molecular weight is 765 g/mol. The number of methoxy groups -OCH3 is 2. The van der Waals surface area contributed by atoms with Crippen LogP contribution >= 0.6 is 23.2 Å². The van der Waals surface area contributed by atoms with Gasteiger partial charge in [0.1, 0.15) is 28.2 Å². The number of aromatic nitrogens is 1. The maximum Gasteiger partial charge on any atom is 0.405 e. The third kappa shape index (κ3) is 8.14. The first kappa shape index (κ1) is 37.7. The van der Waals surface area contributed by atoms with Gasteiger partial charge in [0.25, 0.3) is 0 Å². The van der Waals surface area contributed by atoms with Crippen molar-refractivity contribution in [2.75, 3.05) is 33.9 Å². The van der Waals surface area contributed by atoms with E-state index in [9.17, 15) is 24.7 Å². The lowest BCUT2D eigenvalue weighted by atomic mass is 9.77. The Kier molecular flexibility index (Phi) is 11.6. The molecule has 53 heavy (non-hydrogen) atoms. The van der Waals surface area contributed by atoms with Gasteiger partial charge < -0.3 is 35.0 Å². The van der Waals surface area contributed by atoms with Crippen molar-refractivity contribution in [2.45, 2.75) is 43.3 Å². The number of esters is 1. The van der Waals surface area contributed by atoms with Crippen molar-refractivity contribution in [1.82, 2.24) is 4.90 Å². The Balaban J connectivity index is 1.58. The minimum Gasteiger partial charge on any atom is -0.619 e. The van der Waals surface area contributed by atoms with Gasteiger partial charge in [-0.15, -0.1) is 0 Å². The van der Waals surface area contributed by atoms with E-state index in [0.717, 1.165) is 38.3 Å². The summed E-state index contributed by atoms with van der Waals surface area (Å²) in [7, 11) is 2.95. The lowest BCUT2D eigenvalue weighted by molar-refractivity contribution is -0.605. The molecule has 3 aromatic carbocycles. The molecule has 3 aliphatic heterocycles. The molecule has 3 aliphatic rings. The van der Waals surface area contributed by atoms with Crippen molar-refractivity contribution in [1.29, 1.82) is 0 Å². The highest BCUT2D eigenvalue weighted by atomic mass is 35.5. The molecule has 0 aliphatic carbocycles. The fourth-order valence-electron chi connectivity index (χ4n) is 7.59. The highest BCUT2D eigenvalue weighted by Gasteiger charge is 2.43. The summed E-state index contributed by atoms with van der Waals surface area (Å²) in [6, 6.07) is 18.3. The normalized spacial score (nSPS) is 19.4. The topological polar surface area (TPSA) is 165 Å². The number of halogens is 2. The van der Waals surface area contributed by atoms with Crippen LogP contribution < -0.4 is 19.9 Å². The number of fused-ring (bicyclic) bond motifs is 3. The number of amides is 1. The minimum atomic E-state index is -1.45. The molecule has 12 nitrogen and oxygen atoms in total. The molecule has 14 heteroatoms. The number of primary amides is 1. The predicted octanol–water partition coefficient (Wildman–Crippen LogP) is 6.27. The molecule has 2 bridgehead atoms. The van der Waals surface area contributed by atoms with Crippen LogP contribution in [0.3, 0.4) is 0 Å². The molecule has 7 rings (SSSR count). The molecule has 4 atom stereocenters. The zero-order valence-corrected chi connectivity index (χ0v) is 30.6. The molecule has 0 saturated carbocycles. The zero-order chi connectivity index (χ0) is 37.8. The second kappa shape index (κ2) is 16.3. The number of aromatic carboxylic acids is 1. The van der Waals surface area contributed by atoms with E-state index >= 15 is 0 Å². The van der Waals surface area contributed by atoms with Crippen molar-refractivity contribution >= 4 is 41.2 Å². The molecule has 3 fully saturated rings. The summed E-state index contributed by atoms with van der Waals surface area (Å²) >= 11 is 13.2. The van der Waals surface area contributed by atoms with Crippen LogP contribution in [0.4, 0.5) is 4.79 Å². The molecular weight excluding hydrogens is 725 g/mol. The fourth-order valence-corrected chi connectivity index (χ4v) is 8.19. The molecule has 1 amide bonds. The van der Waals surface area contributed by atoms with Gasteiger partial charge in [-0.1, -0.05) is 71.7 Å². The molecule has 0 spiro atoms. The first-order valence-corrected chi connectivity index (χ1v) is 17.8. The quantitative estimate of drug-likeness (QED) is 0.0901. The van der Waals surface area contributed by atoms with Crippen LogP contribution in [0.2, 0.25) is 10.0 Å². The van der Waals surface area contributed by atoms with Gasteiger partial charge in [0.2, 0.25) is 0 Å². The molecule has 278 valence electrons. The summed E-state index contributed by atoms with van der Waals surface area (Å²) in [5.74, 6) is -3.15. The molecule has 3 N–H and O–H groups in total. The maximum atomic E-state index is 14.5. The molecule has 3 unspecified atom stereocenters. The Bertz CT molecular complexity index is 1970. The van der Waals surface area contributed by atoms with Crippen LogP contribution in [-0.4, -0.2) is 68.0 Å². The third-order valence-corrected chi connectivity index (χ3v) is 10.8. The highest BCUT2D eigenvalue weighted by Crippen LogP contribution is 2.45. The van der Waals surface area contributed by atoms with Crippen LogP contribution in [0, 0.1) is 11.1 Å². The number of nitrogens with two attached hydrogens (primary N) is 1. The van der Waals surface area contributed by atoms with Crippen molar-refractivity contribution in [3.05, 3.63) is 128 Å². The second-order valence-electron chi connectivity index (χ2n) is 13.1. The minimum absolute atomic E-state index is 0.0331. The van der Waals surface area contributed by atoms with E-state index in [-0.39, 0.29) is 45.2 Å². The Morgan fingerprint density at radius 3 is 2.21 bits per heavy atom. The van der Waals surface area contributed by atoms with Gasteiger partial charge >= 0.3 is 18.0 Å². The summed E-state index contributed by atoms with van der Waals surface area (Å²) in [4.78, 5) is 42.7. The van der Waals surface area contributed by atoms with Crippen molar-refractivity contribution in [3.63, 3.8) is 0 Å². The number of piperidine rings is 3. The second-order valence-corrected chi connectivity index (χ2v) is 14.0. The van der Waals surface area contributed by atoms with Crippen LogP contribution in [0.1, 0.15) is 69.0 Å². The number of carboxylic acid groups (broad SMARTS) is 1. The zero-order valence-electron chi connectivity index (χ0n) is 29.1. The van der Waals surface area contributed by atoms with E-state index in [4.69, 9.17) is 47.9 Å². The van der Waals surface area contributed by atoms with Crippen LogP contribution in [0.5, 0.6) is 11.5 Å². The number of ether oxygens (including phenoxy) is 4. The van der Waals surface area contributed by atoms with Gasteiger partial charge in [-0.05, 0) is 78.7 Å². The Labute approximate surface area is 316 Å². The summed E-state index contributed by atoms with van der Waals surface area (Å²) in [5, 5.41) is 23.0. The first-order chi connectivity index (χ1) is 25.5. The molecular formula is C39H39Cl2N3O9. The third-order valence-electron chi connectivity index (χ3n) is 10.1. The lowest BCUT2D eigenvalue weighted by Gasteiger charge is -2.44. The molecule has 4 aromatic rings. The van der Waals surface area contributed by atoms with Crippen LogP contribution in [0.25, 0.3) is 0 Å². The monoisotopic (exact) mass is 763 g/mol. The Morgan fingerprint density at radius 2 is 1.62 bits per heavy atom. The van der Waals surface area contributed by atoms with E-state index in [1.807, 2.05) is 0 Å². The van der Waals surface area contributed by atoms with Crippen molar-refractivity contribution < 1.29 is 43.2 Å². The van der Waals surface area contributed by atoms with Gasteiger partial charge in [0, 0.05) is 18.0 Å². The predicted molar refractivity (Wildman–Crippen MR) is 196 cm³/mol. The summed E-state index contributed by atoms with van der Waals surface area (Å²) in [5.41, 5.74) is 7.29. The number of hydrogen-bond donors (Lipinski definition) is 2. The number of carbonyl (C=O) groups is 3. The van der Waals surface area contributed by atoms with E-state index in [2.05, 4.69) is 4.90 Å². The van der Waals surface area contributed by atoms with E-state index in [0.29, 0.717) is 39.5 Å². The molecule has 3 saturated heterocycles. The fraction of sp³-hybridized carbons (Fsp3) is 0.333. The van der Waals surface area contributed by atoms with E-state index < -0.39 is 36.0 Å². The lowest BCUT2D eigenvalue weighted by Crippen LogP contribution is -2.52. The Hall–Kier alpha value is -5.04. The summed E-state index contributed by atoms with van der Waals surface area (Å²) < 4.78 is 23.7. The van der Waals surface area contributed by atoms with Gasteiger partial charge in [-0.2, -0.15) is 4.73 Å². The van der Waals surface area contributed by atoms with E-state index in [1.54, 1.807) is 54.6 Å². The molecule has 4 heterocycles.